The Kier molecular flexibility index (Phi) is 3.87. The van der Waals surface area contributed by atoms with Crippen LogP contribution in [-0.4, -0.2) is 26.2 Å². The summed E-state index contributed by atoms with van der Waals surface area (Å²) in [6, 6.07) is 3.67. The summed E-state index contributed by atoms with van der Waals surface area (Å²) in [6.45, 7) is 3.56. The molecule has 1 aromatic carbocycles. The lowest BCUT2D eigenvalue weighted by molar-refractivity contribution is 0.0846. The molecule has 1 aromatic rings. The summed E-state index contributed by atoms with van der Waals surface area (Å²) in [5, 5.41) is 0. The lowest BCUT2D eigenvalue weighted by Gasteiger charge is -2.26. The van der Waals surface area contributed by atoms with Gasteiger partial charge in [-0.1, -0.05) is 6.07 Å². The van der Waals surface area contributed by atoms with Gasteiger partial charge in [0.05, 0.1) is 12.7 Å². The Morgan fingerprint density at radius 3 is 2.61 bits per heavy atom. The lowest BCUT2D eigenvalue weighted by atomic mass is 9.86. The zero-order chi connectivity index (χ0) is 13.1. The summed E-state index contributed by atoms with van der Waals surface area (Å²) in [5.41, 5.74) is 8.11. The van der Waals surface area contributed by atoms with Crippen molar-refractivity contribution in [2.24, 2.45) is 5.73 Å². The monoisotopic (exact) mass is 249 g/mol. The topological polar surface area (TPSA) is 61.5 Å². The molecule has 1 amide bonds. The zero-order valence-electron chi connectivity index (χ0n) is 10.9. The van der Waals surface area contributed by atoms with Crippen molar-refractivity contribution < 1.29 is 14.3 Å². The smallest absolute Gasteiger partial charge is 0.252 e. The molecule has 1 aliphatic heterocycles. The second-order valence-electron chi connectivity index (χ2n) is 4.63. The third-order valence-corrected chi connectivity index (χ3v) is 3.51. The highest BCUT2D eigenvalue weighted by Gasteiger charge is 2.24. The molecule has 0 unspecified atom stereocenters. The fourth-order valence-electron chi connectivity index (χ4n) is 2.61. The Morgan fingerprint density at radius 1 is 1.39 bits per heavy atom. The van der Waals surface area contributed by atoms with Gasteiger partial charge in [-0.3, -0.25) is 4.79 Å². The number of methoxy groups -OCH3 is 1. The summed E-state index contributed by atoms with van der Waals surface area (Å²) in [5.74, 6) is 0.572. The van der Waals surface area contributed by atoms with E-state index in [2.05, 4.69) is 0 Å². The molecule has 2 rings (SSSR count). The molecule has 0 aliphatic carbocycles. The molecule has 1 fully saturated rings. The van der Waals surface area contributed by atoms with Crippen molar-refractivity contribution >= 4 is 5.91 Å². The van der Waals surface area contributed by atoms with E-state index in [0.29, 0.717) is 17.2 Å². The molecule has 4 heteroatoms. The van der Waals surface area contributed by atoms with E-state index < -0.39 is 5.91 Å². The SMILES string of the molecule is COc1c(C(N)=O)ccc(C)c1C1CCOCC1. The van der Waals surface area contributed by atoms with Crippen LogP contribution in [0.15, 0.2) is 12.1 Å². The zero-order valence-corrected chi connectivity index (χ0v) is 10.9. The molecule has 1 saturated heterocycles. The van der Waals surface area contributed by atoms with Gasteiger partial charge in [0.1, 0.15) is 5.75 Å². The van der Waals surface area contributed by atoms with Gasteiger partial charge in [-0.05, 0) is 37.3 Å². The predicted octanol–water partition coefficient (Wildman–Crippen LogP) is 2.00. The molecule has 18 heavy (non-hydrogen) atoms. The minimum Gasteiger partial charge on any atom is -0.496 e. The molecule has 4 nitrogen and oxygen atoms in total. The molecular weight excluding hydrogens is 230 g/mol. The Labute approximate surface area is 107 Å². The Balaban J connectivity index is 2.49. The van der Waals surface area contributed by atoms with Gasteiger partial charge in [-0.25, -0.2) is 0 Å². The average molecular weight is 249 g/mol. The number of carbonyl (C=O) groups excluding carboxylic acids is 1. The van der Waals surface area contributed by atoms with Crippen molar-refractivity contribution in [1.82, 2.24) is 0 Å². The normalized spacial score (nSPS) is 16.6. The van der Waals surface area contributed by atoms with E-state index in [4.69, 9.17) is 15.2 Å². The first-order valence-corrected chi connectivity index (χ1v) is 6.20. The van der Waals surface area contributed by atoms with Gasteiger partial charge in [0.15, 0.2) is 0 Å². The molecule has 0 aromatic heterocycles. The lowest BCUT2D eigenvalue weighted by Crippen LogP contribution is -2.18. The predicted molar refractivity (Wildman–Crippen MR) is 69.0 cm³/mol. The number of nitrogens with two attached hydrogens (primary N) is 1. The first kappa shape index (κ1) is 12.9. The van der Waals surface area contributed by atoms with Gasteiger partial charge in [0, 0.05) is 18.8 Å². The van der Waals surface area contributed by atoms with Gasteiger partial charge in [0.25, 0.3) is 5.91 Å². The second kappa shape index (κ2) is 5.40. The van der Waals surface area contributed by atoms with Crippen molar-refractivity contribution in [2.45, 2.75) is 25.7 Å². The van der Waals surface area contributed by atoms with Crippen molar-refractivity contribution in [3.05, 3.63) is 28.8 Å². The summed E-state index contributed by atoms with van der Waals surface area (Å²) < 4.78 is 10.8. The van der Waals surface area contributed by atoms with Crippen LogP contribution in [0.25, 0.3) is 0 Å². The van der Waals surface area contributed by atoms with Gasteiger partial charge < -0.3 is 15.2 Å². The first-order chi connectivity index (χ1) is 8.65. The summed E-state index contributed by atoms with van der Waals surface area (Å²) >= 11 is 0. The van der Waals surface area contributed by atoms with Crippen LogP contribution in [0, 0.1) is 6.92 Å². The maximum absolute atomic E-state index is 11.4. The molecule has 98 valence electrons. The van der Waals surface area contributed by atoms with Crippen LogP contribution in [0.2, 0.25) is 0 Å². The van der Waals surface area contributed by atoms with E-state index in [1.807, 2.05) is 13.0 Å². The van der Waals surface area contributed by atoms with Crippen LogP contribution >= 0.6 is 0 Å². The van der Waals surface area contributed by atoms with Crippen molar-refractivity contribution in [3.63, 3.8) is 0 Å². The fraction of sp³-hybridized carbons (Fsp3) is 0.500. The van der Waals surface area contributed by atoms with E-state index in [-0.39, 0.29) is 0 Å². The minimum absolute atomic E-state index is 0.382. The Morgan fingerprint density at radius 2 is 2.06 bits per heavy atom. The molecule has 0 atom stereocenters. The number of hydrogen-bond donors (Lipinski definition) is 1. The first-order valence-electron chi connectivity index (χ1n) is 6.20. The van der Waals surface area contributed by atoms with E-state index >= 15 is 0 Å². The summed E-state index contributed by atoms with van der Waals surface area (Å²) in [7, 11) is 1.59. The maximum atomic E-state index is 11.4. The van der Waals surface area contributed by atoms with E-state index in [9.17, 15) is 4.79 Å². The highest BCUT2D eigenvalue weighted by molar-refractivity contribution is 5.96. The highest BCUT2D eigenvalue weighted by atomic mass is 16.5. The van der Waals surface area contributed by atoms with Gasteiger partial charge in [-0.15, -0.1) is 0 Å². The largest absolute Gasteiger partial charge is 0.496 e. The molecule has 0 radical (unpaired) electrons. The van der Waals surface area contributed by atoms with Crippen LogP contribution in [0.4, 0.5) is 0 Å². The molecule has 2 N–H and O–H groups in total. The molecule has 0 bridgehead atoms. The summed E-state index contributed by atoms with van der Waals surface area (Å²) in [4.78, 5) is 11.4. The quantitative estimate of drug-likeness (QED) is 0.891. The van der Waals surface area contributed by atoms with Crippen molar-refractivity contribution in [3.8, 4) is 5.75 Å². The van der Waals surface area contributed by atoms with Gasteiger partial charge >= 0.3 is 0 Å². The molecule has 0 spiro atoms. The minimum atomic E-state index is -0.444. The number of primary amides is 1. The number of ether oxygens (including phenoxy) is 2. The number of rotatable bonds is 3. The van der Waals surface area contributed by atoms with E-state index in [0.717, 1.165) is 37.2 Å². The van der Waals surface area contributed by atoms with E-state index in [1.54, 1.807) is 13.2 Å². The van der Waals surface area contributed by atoms with Crippen LogP contribution in [0.3, 0.4) is 0 Å². The van der Waals surface area contributed by atoms with Gasteiger partial charge in [-0.2, -0.15) is 0 Å². The number of benzene rings is 1. The fourth-order valence-corrected chi connectivity index (χ4v) is 2.61. The Hall–Kier alpha value is -1.55. The Bertz CT molecular complexity index is 451. The average Bonchev–Trinajstić information content (AvgIpc) is 2.38. The standard InChI is InChI=1S/C14H19NO3/c1-9-3-4-11(14(15)16)13(17-2)12(9)10-5-7-18-8-6-10/h3-4,10H,5-8H2,1-2H3,(H2,15,16). The molecule has 1 heterocycles. The molecule has 1 aliphatic rings. The third kappa shape index (κ3) is 2.34. The third-order valence-electron chi connectivity index (χ3n) is 3.51. The number of aryl methyl sites for hydroxylation is 1. The van der Waals surface area contributed by atoms with Crippen LogP contribution < -0.4 is 10.5 Å². The van der Waals surface area contributed by atoms with Crippen molar-refractivity contribution in [2.75, 3.05) is 20.3 Å². The van der Waals surface area contributed by atoms with Crippen LogP contribution in [-0.2, 0) is 4.74 Å². The highest BCUT2D eigenvalue weighted by Crippen LogP contribution is 2.38. The van der Waals surface area contributed by atoms with Crippen molar-refractivity contribution in [1.29, 1.82) is 0 Å². The van der Waals surface area contributed by atoms with Crippen LogP contribution in [0.1, 0.15) is 40.2 Å². The number of carbonyl (C=O) groups is 1. The number of hydrogen-bond acceptors (Lipinski definition) is 3. The second-order valence-corrected chi connectivity index (χ2v) is 4.63. The summed E-state index contributed by atoms with van der Waals surface area (Å²) in [6.07, 6.45) is 1.92. The number of amides is 1. The van der Waals surface area contributed by atoms with E-state index in [1.165, 1.54) is 0 Å². The maximum Gasteiger partial charge on any atom is 0.252 e. The molecule has 0 saturated carbocycles. The molecular formula is C14H19NO3. The van der Waals surface area contributed by atoms with Crippen LogP contribution in [0.5, 0.6) is 5.75 Å². The van der Waals surface area contributed by atoms with Gasteiger partial charge in [0.2, 0.25) is 0 Å².